The molecule has 0 saturated heterocycles. The Morgan fingerprint density at radius 2 is 1.80 bits per heavy atom. The minimum atomic E-state index is -4.63. The monoisotopic (exact) mass is 474 g/mol. The molecule has 3 nitrogen and oxygen atoms in total. The third kappa shape index (κ3) is 7.33. The van der Waals surface area contributed by atoms with Gasteiger partial charge in [-0.25, -0.2) is 0 Å². The average molecular weight is 475 g/mol. The fourth-order valence-electron chi connectivity index (χ4n) is 2.42. The maximum Gasteiger partial charge on any atom is 0.418 e. The van der Waals surface area contributed by atoms with Crippen LogP contribution in [0.5, 0.6) is 0 Å². The maximum absolute atomic E-state index is 13.2. The van der Waals surface area contributed by atoms with Crippen LogP contribution in [0.3, 0.4) is 0 Å². The molecule has 11 heteroatoms. The first-order chi connectivity index (χ1) is 13.9. The van der Waals surface area contributed by atoms with Gasteiger partial charge in [-0.05, 0) is 13.0 Å². The highest BCUT2D eigenvalue weighted by atomic mass is 32.2. The lowest BCUT2D eigenvalue weighted by Crippen LogP contribution is -2.39. The van der Waals surface area contributed by atoms with Crippen LogP contribution >= 0.6 is 23.1 Å². The molecule has 0 N–H and O–H groups in total. The standard InChI is InChI=1S/C15H14F6N2OS2.C4H10/c1-3-8(15(19,20)21)11(22-2)9-6-10-12(26-9)13(24)23(4-5-25-10)7-14(16,17)18;1-3-4-2/h3,6H,4-5,7H2,1-2H3;3-4H2,1-2H3/b8-3+,22-11?;. The van der Waals surface area contributed by atoms with Crippen LogP contribution in [-0.4, -0.2) is 54.8 Å². The fourth-order valence-corrected chi connectivity index (χ4v) is 4.82. The number of hydrogen-bond acceptors (Lipinski definition) is 4. The van der Waals surface area contributed by atoms with Crippen molar-refractivity contribution in [3.8, 4) is 0 Å². The highest BCUT2D eigenvalue weighted by Crippen LogP contribution is 2.38. The van der Waals surface area contributed by atoms with E-state index in [4.69, 9.17) is 0 Å². The first-order valence-corrected chi connectivity index (χ1v) is 11.0. The van der Waals surface area contributed by atoms with Gasteiger partial charge in [-0.15, -0.1) is 23.1 Å². The Hall–Kier alpha value is -1.49. The summed E-state index contributed by atoms with van der Waals surface area (Å²) in [6.45, 7) is 4.10. The first-order valence-electron chi connectivity index (χ1n) is 9.23. The molecule has 0 aliphatic carbocycles. The summed E-state index contributed by atoms with van der Waals surface area (Å²) in [6.07, 6.45) is -5.67. The van der Waals surface area contributed by atoms with Crippen molar-refractivity contribution in [1.82, 2.24) is 4.90 Å². The zero-order valence-corrected chi connectivity index (χ0v) is 18.7. The number of unbranched alkanes of at least 4 members (excludes halogenated alkanes) is 1. The van der Waals surface area contributed by atoms with Gasteiger partial charge >= 0.3 is 12.4 Å². The largest absolute Gasteiger partial charge is 0.418 e. The van der Waals surface area contributed by atoms with E-state index < -0.39 is 30.4 Å². The number of aliphatic imine (C=N–C) groups is 1. The number of hydrogen-bond donors (Lipinski definition) is 0. The Kier molecular flexibility index (Phi) is 9.93. The second-order valence-electron chi connectivity index (χ2n) is 6.27. The summed E-state index contributed by atoms with van der Waals surface area (Å²) >= 11 is 1.87. The molecule has 1 aromatic heterocycles. The molecule has 2 heterocycles. The molecule has 0 spiro atoms. The van der Waals surface area contributed by atoms with Crippen LogP contribution in [0, 0.1) is 0 Å². The molecule has 0 saturated carbocycles. The van der Waals surface area contributed by atoms with E-state index in [0.717, 1.165) is 29.2 Å². The van der Waals surface area contributed by atoms with E-state index in [0.29, 0.717) is 9.80 Å². The number of rotatable bonds is 4. The van der Waals surface area contributed by atoms with Gasteiger partial charge in [-0.1, -0.05) is 32.8 Å². The van der Waals surface area contributed by atoms with Gasteiger partial charge in [0.2, 0.25) is 0 Å². The molecule has 0 aromatic carbocycles. The van der Waals surface area contributed by atoms with Crippen molar-refractivity contribution in [2.24, 2.45) is 4.99 Å². The number of thiophene rings is 1. The van der Waals surface area contributed by atoms with Crippen molar-refractivity contribution in [3.05, 3.63) is 27.5 Å². The molecule has 1 amide bonds. The molecule has 0 radical (unpaired) electrons. The first kappa shape index (κ1) is 26.5. The Labute approximate surface area is 180 Å². The minimum absolute atomic E-state index is 0.00512. The number of carbonyl (C=O) groups is 1. The summed E-state index contributed by atoms with van der Waals surface area (Å²) in [5.41, 5.74) is -1.30. The summed E-state index contributed by atoms with van der Waals surface area (Å²) in [5.74, 6) is -0.609. The number of thioether (sulfide) groups is 1. The summed E-state index contributed by atoms with van der Waals surface area (Å²) in [6, 6.07) is 1.39. The lowest BCUT2D eigenvalue weighted by atomic mass is 10.1. The molecule has 170 valence electrons. The smallest absolute Gasteiger partial charge is 0.328 e. The minimum Gasteiger partial charge on any atom is -0.328 e. The number of halogens is 6. The lowest BCUT2D eigenvalue weighted by Gasteiger charge is -2.21. The highest BCUT2D eigenvalue weighted by molar-refractivity contribution is 7.99. The zero-order valence-electron chi connectivity index (χ0n) is 17.1. The Morgan fingerprint density at radius 1 is 1.20 bits per heavy atom. The van der Waals surface area contributed by atoms with Crippen molar-refractivity contribution in [1.29, 1.82) is 0 Å². The number of carbonyl (C=O) groups excluding carboxylic acids is 1. The quantitative estimate of drug-likeness (QED) is 0.364. The van der Waals surface area contributed by atoms with Crippen LogP contribution in [0.2, 0.25) is 0 Å². The zero-order chi connectivity index (χ0) is 23.1. The Balaban J connectivity index is 0.00000103. The van der Waals surface area contributed by atoms with E-state index in [9.17, 15) is 31.1 Å². The molecule has 0 bridgehead atoms. The predicted octanol–water partition coefficient (Wildman–Crippen LogP) is 6.59. The molecule has 1 aromatic rings. The van der Waals surface area contributed by atoms with E-state index in [-0.39, 0.29) is 27.8 Å². The van der Waals surface area contributed by atoms with Crippen molar-refractivity contribution in [2.75, 3.05) is 25.9 Å². The number of allylic oxidation sites excluding steroid dienone is 2. The molecule has 0 fully saturated rings. The summed E-state index contributed by atoms with van der Waals surface area (Å²) in [7, 11) is 1.19. The SMILES string of the molecule is C/C=C(\C(=NC)c1cc2c(s1)C(=O)N(CC(F)(F)F)CCS2)C(F)(F)F.CCCC. The normalized spacial score (nSPS) is 16.1. The van der Waals surface area contributed by atoms with Gasteiger partial charge < -0.3 is 4.90 Å². The highest BCUT2D eigenvalue weighted by Gasteiger charge is 2.39. The second-order valence-corrected chi connectivity index (χ2v) is 8.46. The lowest BCUT2D eigenvalue weighted by molar-refractivity contribution is -0.140. The van der Waals surface area contributed by atoms with Gasteiger partial charge in [0.1, 0.15) is 11.4 Å². The molecule has 1 aliphatic rings. The Morgan fingerprint density at radius 3 is 2.23 bits per heavy atom. The van der Waals surface area contributed by atoms with Crippen molar-refractivity contribution in [2.45, 2.75) is 50.9 Å². The third-order valence-corrected chi connectivity index (χ3v) is 6.25. The van der Waals surface area contributed by atoms with Crippen molar-refractivity contribution in [3.63, 3.8) is 0 Å². The predicted molar refractivity (Wildman–Crippen MR) is 110 cm³/mol. The molecule has 0 atom stereocenters. The summed E-state index contributed by atoms with van der Waals surface area (Å²) in [4.78, 5) is 17.3. The maximum atomic E-state index is 13.2. The molecule has 1 aliphatic heterocycles. The van der Waals surface area contributed by atoms with Crippen LogP contribution in [0.15, 0.2) is 27.6 Å². The van der Waals surface area contributed by atoms with Crippen LogP contribution in [0.25, 0.3) is 0 Å². The molecular formula is C19H24F6N2OS2. The van der Waals surface area contributed by atoms with Crippen LogP contribution < -0.4 is 0 Å². The van der Waals surface area contributed by atoms with Gasteiger partial charge in [0.05, 0.1) is 16.2 Å². The summed E-state index contributed by atoms with van der Waals surface area (Å²) in [5, 5.41) is 0. The fraction of sp³-hybridized carbons (Fsp3) is 0.579. The summed E-state index contributed by atoms with van der Waals surface area (Å²) < 4.78 is 77.4. The molecular weight excluding hydrogens is 450 g/mol. The topological polar surface area (TPSA) is 32.7 Å². The average Bonchev–Trinajstić information content (AvgIpc) is 3.00. The van der Waals surface area contributed by atoms with E-state index in [1.54, 1.807) is 0 Å². The van der Waals surface area contributed by atoms with Gasteiger partial charge in [-0.2, -0.15) is 26.3 Å². The molecule has 2 rings (SSSR count). The number of nitrogens with zero attached hydrogens (tertiary/aromatic N) is 2. The van der Waals surface area contributed by atoms with E-state index >= 15 is 0 Å². The van der Waals surface area contributed by atoms with Gasteiger partial charge in [-0.3, -0.25) is 9.79 Å². The third-order valence-electron chi connectivity index (χ3n) is 3.97. The van der Waals surface area contributed by atoms with Gasteiger partial charge in [0.25, 0.3) is 5.91 Å². The number of fused-ring (bicyclic) bond motifs is 1. The van der Waals surface area contributed by atoms with Gasteiger partial charge in [0, 0.05) is 24.2 Å². The second kappa shape index (κ2) is 11.2. The Bertz CT molecular complexity index is 779. The van der Waals surface area contributed by atoms with Crippen LogP contribution in [0.1, 0.15) is 48.2 Å². The molecule has 0 unspecified atom stereocenters. The van der Waals surface area contributed by atoms with E-state index in [1.807, 2.05) is 0 Å². The van der Waals surface area contributed by atoms with E-state index in [1.165, 1.54) is 32.9 Å². The van der Waals surface area contributed by atoms with Gasteiger partial charge in [0.15, 0.2) is 0 Å². The number of amides is 1. The van der Waals surface area contributed by atoms with Crippen molar-refractivity contribution < 1.29 is 31.1 Å². The number of alkyl halides is 6. The molecule has 30 heavy (non-hydrogen) atoms. The van der Waals surface area contributed by atoms with Crippen LogP contribution in [0.4, 0.5) is 26.3 Å². The van der Waals surface area contributed by atoms with Crippen molar-refractivity contribution >= 4 is 34.7 Å². The van der Waals surface area contributed by atoms with E-state index in [2.05, 4.69) is 18.8 Å². The van der Waals surface area contributed by atoms with Crippen LogP contribution in [-0.2, 0) is 0 Å².